The van der Waals surface area contributed by atoms with Crippen molar-refractivity contribution >= 4 is 0 Å². The third-order valence-corrected chi connectivity index (χ3v) is 5.61. The average Bonchev–Trinajstić information content (AvgIpc) is 2.89. The molecule has 0 aromatic carbocycles. The molecule has 1 unspecified atom stereocenters. The van der Waals surface area contributed by atoms with Gasteiger partial charge in [-0.25, -0.2) is 0 Å². The van der Waals surface area contributed by atoms with E-state index in [1.54, 1.807) is 5.57 Å². The minimum Gasteiger partial charge on any atom is -0.296 e. The van der Waals surface area contributed by atoms with E-state index < -0.39 is 0 Å². The van der Waals surface area contributed by atoms with Gasteiger partial charge in [-0.2, -0.15) is 0 Å². The second-order valence-corrected chi connectivity index (χ2v) is 6.48. The van der Waals surface area contributed by atoms with Gasteiger partial charge in [0.1, 0.15) is 0 Å². The first-order valence-corrected chi connectivity index (χ1v) is 8.68. The molecule has 1 fully saturated rings. The van der Waals surface area contributed by atoms with Gasteiger partial charge in [-0.1, -0.05) is 31.9 Å². The summed E-state index contributed by atoms with van der Waals surface area (Å²) in [6.45, 7) is 7.16. The van der Waals surface area contributed by atoms with Gasteiger partial charge in [0.25, 0.3) is 0 Å². The van der Waals surface area contributed by atoms with Crippen LogP contribution in [0.25, 0.3) is 0 Å². The summed E-state index contributed by atoms with van der Waals surface area (Å²) in [5.74, 6) is 6.04. The molecule has 0 spiro atoms. The number of rotatable bonds is 6. The van der Waals surface area contributed by atoms with Crippen LogP contribution in [-0.4, -0.2) is 29.6 Å². The molecule has 0 aromatic rings. The van der Waals surface area contributed by atoms with Crippen LogP contribution >= 0.6 is 0 Å². The summed E-state index contributed by atoms with van der Waals surface area (Å²) in [6.07, 6.45) is 14.0. The van der Waals surface area contributed by atoms with Crippen LogP contribution < -0.4 is 11.3 Å². The van der Waals surface area contributed by atoms with Gasteiger partial charge in [0.2, 0.25) is 0 Å². The summed E-state index contributed by atoms with van der Waals surface area (Å²) < 4.78 is 0. The fourth-order valence-corrected chi connectivity index (χ4v) is 4.36. The minimum absolute atomic E-state index is 0.210. The Bertz CT molecular complexity index is 314. The molecular formula is C17H33N3. The summed E-state index contributed by atoms with van der Waals surface area (Å²) >= 11 is 0. The van der Waals surface area contributed by atoms with E-state index in [0.29, 0.717) is 6.04 Å². The second kappa shape index (κ2) is 7.58. The van der Waals surface area contributed by atoms with Gasteiger partial charge < -0.3 is 0 Å². The van der Waals surface area contributed by atoms with Crippen molar-refractivity contribution in [3.63, 3.8) is 0 Å². The van der Waals surface area contributed by atoms with E-state index in [0.717, 1.165) is 0 Å². The van der Waals surface area contributed by atoms with Crippen molar-refractivity contribution in [2.75, 3.05) is 13.1 Å². The molecule has 0 amide bonds. The van der Waals surface area contributed by atoms with Crippen LogP contribution in [0.2, 0.25) is 0 Å². The van der Waals surface area contributed by atoms with Crippen molar-refractivity contribution in [2.24, 2.45) is 5.84 Å². The van der Waals surface area contributed by atoms with Crippen LogP contribution in [0.15, 0.2) is 11.6 Å². The minimum atomic E-state index is 0.210. The van der Waals surface area contributed by atoms with Crippen LogP contribution in [-0.2, 0) is 0 Å². The molecule has 20 heavy (non-hydrogen) atoms. The lowest BCUT2D eigenvalue weighted by Crippen LogP contribution is -2.62. The van der Waals surface area contributed by atoms with Gasteiger partial charge >= 0.3 is 0 Å². The maximum Gasteiger partial charge on any atom is 0.0603 e. The zero-order valence-electron chi connectivity index (χ0n) is 13.5. The van der Waals surface area contributed by atoms with Gasteiger partial charge in [0.05, 0.1) is 6.04 Å². The van der Waals surface area contributed by atoms with Crippen LogP contribution in [0.4, 0.5) is 0 Å². The van der Waals surface area contributed by atoms with E-state index in [-0.39, 0.29) is 5.54 Å². The Kier molecular flexibility index (Phi) is 6.06. The maximum absolute atomic E-state index is 6.04. The van der Waals surface area contributed by atoms with Crippen molar-refractivity contribution in [1.29, 1.82) is 0 Å². The largest absolute Gasteiger partial charge is 0.296 e. The molecule has 1 aliphatic heterocycles. The highest BCUT2D eigenvalue weighted by molar-refractivity contribution is 5.20. The molecule has 116 valence electrons. The fraction of sp³-hybridized carbons (Fsp3) is 0.882. The predicted octanol–water partition coefficient (Wildman–Crippen LogP) is 3.36. The Morgan fingerprint density at radius 1 is 1.15 bits per heavy atom. The Morgan fingerprint density at radius 3 is 2.45 bits per heavy atom. The molecular weight excluding hydrogens is 246 g/mol. The molecule has 2 aliphatic rings. The summed E-state index contributed by atoms with van der Waals surface area (Å²) in [6, 6.07) is 0.327. The predicted molar refractivity (Wildman–Crippen MR) is 86.4 cm³/mol. The van der Waals surface area contributed by atoms with Crippen LogP contribution in [0.5, 0.6) is 0 Å². The van der Waals surface area contributed by atoms with E-state index in [1.165, 1.54) is 70.9 Å². The molecule has 0 bridgehead atoms. The highest BCUT2D eigenvalue weighted by Crippen LogP contribution is 2.36. The van der Waals surface area contributed by atoms with Crippen LogP contribution in [0.1, 0.15) is 71.6 Å². The molecule has 3 nitrogen and oxygen atoms in total. The number of hydrazine groups is 1. The Balaban J connectivity index is 2.25. The highest BCUT2D eigenvalue weighted by Gasteiger charge is 2.43. The first kappa shape index (κ1) is 16.0. The van der Waals surface area contributed by atoms with Crippen molar-refractivity contribution in [2.45, 2.75) is 83.2 Å². The molecule has 1 atom stereocenters. The fourth-order valence-electron chi connectivity index (χ4n) is 4.36. The molecule has 1 heterocycles. The topological polar surface area (TPSA) is 41.3 Å². The first-order valence-electron chi connectivity index (χ1n) is 8.68. The highest BCUT2D eigenvalue weighted by atomic mass is 15.3. The number of nitrogens with zero attached hydrogens (tertiary/aromatic N) is 1. The van der Waals surface area contributed by atoms with Crippen molar-refractivity contribution in [3.8, 4) is 0 Å². The molecule has 0 aromatic heterocycles. The number of nitrogens with two attached hydrogens (primary N) is 1. The van der Waals surface area contributed by atoms with Gasteiger partial charge in [0, 0.05) is 5.54 Å². The molecule has 1 saturated heterocycles. The second-order valence-electron chi connectivity index (χ2n) is 6.48. The molecule has 3 heteroatoms. The first-order chi connectivity index (χ1) is 9.78. The van der Waals surface area contributed by atoms with E-state index >= 15 is 0 Å². The smallest absolute Gasteiger partial charge is 0.0603 e. The Morgan fingerprint density at radius 2 is 1.85 bits per heavy atom. The molecule has 1 aliphatic carbocycles. The molecule has 2 rings (SSSR count). The van der Waals surface area contributed by atoms with Crippen LogP contribution in [0.3, 0.4) is 0 Å². The van der Waals surface area contributed by atoms with Crippen molar-refractivity contribution in [1.82, 2.24) is 10.3 Å². The molecule has 0 saturated carbocycles. The monoisotopic (exact) mass is 279 g/mol. The number of nitrogens with one attached hydrogen (secondary N) is 1. The third-order valence-electron chi connectivity index (χ3n) is 5.61. The zero-order valence-corrected chi connectivity index (χ0v) is 13.5. The van der Waals surface area contributed by atoms with Crippen LogP contribution in [0, 0.1) is 0 Å². The number of likely N-dealkylation sites (tertiary alicyclic amines) is 1. The molecule has 3 N–H and O–H groups in total. The third kappa shape index (κ3) is 3.10. The molecule has 0 radical (unpaired) electrons. The Labute approximate surface area is 124 Å². The lowest BCUT2D eigenvalue weighted by atomic mass is 9.78. The number of allylic oxidation sites excluding steroid dienone is 1. The SMILES string of the molecule is CCC(CC)(C(NN)C1=CCCCCC1)N1CCCC1. The van der Waals surface area contributed by atoms with Crippen molar-refractivity contribution in [3.05, 3.63) is 11.6 Å². The van der Waals surface area contributed by atoms with Gasteiger partial charge in [-0.3, -0.25) is 16.2 Å². The van der Waals surface area contributed by atoms with E-state index in [4.69, 9.17) is 5.84 Å². The number of hydrogen-bond acceptors (Lipinski definition) is 3. The summed E-state index contributed by atoms with van der Waals surface area (Å²) in [7, 11) is 0. The standard InChI is InChI=1S/C17H33N3/c1-3-17(4-2,20-13-9-10-14-20)16(19-18)15-11-7-5-6-8-12-15/h11,16,19H,3-10,12-14,18H2,1-2H3. The van der Waals surface area contributed by atoms with E-state index in [1.807, 2.05) is 0 Å². The maximum atomic E-state index is 6.04. The van der Waals surface area contributed by atoms with Gasteiger partial charge in [-0.15, -0.1) is 0 Å². The van der Waals surface area contributed by atoms with Gasteiger partial charge in [0.15, 0.2) is 0 Å². The van der Waals surface area contributed by atoms with Crippen molar-refractivity contribution < 1.29 is 0 Å². The average molecular weight is 279 g/mol. The normalized spacial score (nSPS) is 23.4. The van der Waals surface area contributed by atoms with E-state index in [2.05, 4.69) is 30.2 Å². The zero-order chi connectivity index (χ0) is 14.4. The number of hydrogen-bond donors (Lipinski definition) is 2. The van der Waals surface area contributed by atoms with Gasteiger partial charge in [-0.05, 0) is 64.5 Å². The summed E-state index contributed by atoms with van der Waals surface area (Å²) in [5.41, 5.74) is 4.99. The lowest BCUT2D eigenvalue weighted by Gasteiger charge is -2.47. The Hall–Kier alpha value is -0.380. The van der Waals surface area contributed by atoms with E-state index in [9.17, 15) is 0 Å². The summed E-state index contributed by atoms with van der Waals surface area (Å²) in [5, 5.41) is 0. The summed E-state index contributed by atoms with van der Waals surface area (Å²) in [4.78, 5) is 2.71. The quantitative estimate of drug-likeness (QED) is 0.445. The lowest BCUT2D eigenvalue weighted by molar-refractivity contribution is 0.0737.